The zero-order valence-corrected chi connectivity index (χ0v) is 26.5. The van der Waals surface area contributed by atoms with Gasteiger partial charge in [-0.25, -0.2) is 8.42 Å². The van der Waals surface area contributed by atoms with Crippen molar-refractivity contribution in [2.45, 2.75) is 31.4 Å². The topological polar surface area (TPSA) is 84.2 Å². The molecule has 0 aliphatic carbocycles. The van der Waals surface area contributed by atoms with Gasteiger partial charge in [0.25, 0.3) is 0 Å². The summed E-state index contributed by atoms with van der Waals surface area (Å²) in [5.74, 6) is 0.961. The van der Waals surface area contributed by atoms with Gasteiger partial charge < -0.3 is 19.1 Å². The fourth-order valence-corrected chi connectivity index (χ4v) is 7.47. The van der Waals surface area contributed by atoms with Gasteiger partial charge in [0.2, 0.25) is 10.0 Å². The molecule has 1 aliphatic rings. The van der Waals surface area contributed by atoms with E-state index in [2.05, 4.69) is 65.6 Å². The van der Waals surface area contributed by atoms with Crippen molar-refractivity contribution in [3.63, 3.8) is 0 Å². The number of fused-ring (bicyclic) bond motifs is 3. The molecule has 2 heterocycles. The van der Waals surface area contributed by atoms with E-state index in [-0.39, 0.29) is 4.90 Å². The minimum Gasteiger partial charge on any atom is -0.490 e. The molecule has 3 aromatic carbocycles. The van der Waals surface area contributed by atoms with Gasteiger partial charge in [0.05, 0.1) is 30.8 Å². The number of aliphatic hydroxyl groups excluding tert-OH is 1. The van der Waals surface area contributed by atoms with Gasteiger partial charge in [-0.15, -0.1) is 0 Å². The smallest absolute Gasteiger partial charge is 0.243 e. The standard InChI is InChI=1S/C29H33Br2N3O5S/c1-3-38-28-10-7-23(17-29(28)39-4-2)40(36,37)33-13-11-32(12-14-33)18-22(35)19-34-26-8-5-20(30)15-24(26)25-16-21(31)6-9-27(25)34/h5-10,15-17,22,35H,3-4,11-14,18-19H2,1-2H3. The number of β-amino-alcohol motifs (C(OH)–C–C–N with tert-alkyl or cyclic N) is 1. The number of hydrogen-bond donors (Lipinski definition) is 1. The molecule has 5 rings (SSSR count). The van der Waals surface area contributed by atoms with Crippen LogP contribution < -0.4 is 9.47 Å². The van der Waals surface area contributed by atoms with Crippen LogP contribution in [0.25, 0.3) is 21.8 Å². The summed E-state index contributed by atoms with van der Waals surface area (Å²) in [6.45, 7) is 7.28. The fraction of sp³-hybridized carbons (Fsp3) is 0.379. The summed E-state index contributed by atoms with van der Waals surface area (Å²) in [5.41, 5.74) is 2.13. The van der Waals surface area contributed by atoms with Gasteiger partial charge in [-0.3, -0.25) is 4.90 Å². The number of rotatable bonds is 10. The summed E-state index contributed by atoms with van der Waals surface area (Å²) in [6.07, 6.45) is -0.617. The lowest BCUT2D eigenvalue weighted by Crippen LogP contribution is -2.50. The first-order valence-electron chi connectivity index (χ1n) is 13.4. The van der Waals surface area contributed by atoms with Crippen LogP contribution in [0.2, 0.25) is 0 Å². The highest BCUT2D eigenvalue weighted by molar-refractivity contribution is 9.10. The van der Waals surface area contributed by atoms with E-state index in [1.165, 1.54) is 4.31 Å². The molecular formula is C29H33Br2N3O5S. The highest BCUT2D eigenvalue weighted by Gasteiger charge is 2.30. The van der Waals surface area contributed by atoms with Crippen LogP contribution in [0.3, 0.4) is 0 Å². The van der Waals surface area contributed by atoms with Crippen molar-refractivity contribution in [3.8, 4) is 11.5 Å². The Morgan fingerprint density at radius 1 is 0.800 bits per heavy atom. The SMILES string of the molecule is CCOc1ccc(S(=O)(=O)N2CCN(CC(O)Cn3c4ccc(Br)cc4c4cc(Br)ccc43)CC2)cc1OCC. The lowest BCUT2D eigenvalue weighted by molar-refractivity contribution is 0.0823. The number of halogens is 2. The van der Waals surface area contributed by atoms with Gasteiger partial charge in [-0.05, 0) is 62.4 Å². The van der Waals surface area contributed by atoms with Crippen molar-refractivity contribution >= 4 is 63.7 Å². The van der Waals surface area contributed by atoms with Crippen molar-refractivity contribution in [2.24, 2.45) is 0 Å². The van der Waals surface area contributed by atoms with Crippen LogP contribution in [0, 0.1) is 0 Å². The Morgan fingerprint density at radius 2 is 1.38 bits per heavy atom. The Labute approximate surface area is 251 Å². The number of hydrogen-bond acceptors (Lipinski definition) is 6. The Bertz CT molecular complexity index is 1560. The molecule has 1 aliphatic heterocycles. The molecule has 0 spiro atoms. The van der Waals surface area contributed by atoms with Crippen LogP contribution in [0.4, 0.5) is 0 Å². The summed E-state index contributed by atoms with van der Waals surface area (Å²) in [5, 5.41) is 13.4. The Hall–Kier alpha value is -2.15. The average Bonchev–Trinajstić information content (AvgIpc) is 3.21. The maximum atomic E-state index is 13.4. The van der Waals surface area contributed by atoms with E-state index in [1.807, 2.05) is 26.0 Å². The first kappa shape index (κ1) is 29.3. The van der Waals surface area contributed by atoms with Crippen LogP contribution in [0.1, 0.15) is 13.8 Å². The summed E-state index contributed by atoms with van der Waals surface area (Å²) < 4.78 is 43.7. The molecule has 0 bridgehead atoms. The quantitative estimate of drug-likeness (QED) is 0.237. The second kappa shape index (κ2) is 12.4. The number of ether oxygens (including phenoxy) is 2. The summed E-state index contributed by atoms with van der Waals surface area (Å²) in [4.78, 5) is 2.32. The van der Waals surface area contributed by atoms with E-state index < -0.39 is 16.1 Å². The largest absolute Gasteiger partial charge is 0.490 e. The van der Waals surface area contributed by atoms with Gasteiger partial charge in [-0.2, -0.15) is 4.31 Å². The highest BCUT2D eigenvalue weighted by atomic mass is 79.9. The summed E-state index contributed by atoms with van der Waals surface area (Å²) in [6, 6.07) is 17.2. The van der Waals surface area contributed by atoms with E-state index in [1.54, 1.807) is 18.2 Å². The normalized spacial score (nSPS) is 16.0. The third kappa shape index (κ3) is 6.05. The molecule has 0 amide bonds. The second-order valence-electron chi connectivity index (χ2n) is 9.77. The number of aliphatic hydroxyl groups is 1. The van der Waals surface area contributed by atoms with Crippen molar-refractivity contribution in [1.29, 1.82) is 0 Å². The first-order chi connectivity index (χ1) is 19.2. The highest BCUT2D eigenvalue weighted by Crippen LogP contribution is 2.34. The average molecular weight is 695 g/mol. The number of aromatic nitrogens is 1. The number of sulfonamides is 1. The van der Waals surface area contributed by atoms with Crippen molar-refractivity contribution < 1.29 is 23.0 Å². The molecule has 1 saturated heterocycles. The third-order valence-corrected chi connectivity index (χ3v) is 10.0. The molecule has 11 heteroatoms. The van der Waals surface area contributed by atoms with Gasteiger partial charge in [0.1, 0.15) is 0 Å². The van der Waals surface area contributed by atoms with E-state index >= 15 is 0 Å². The lowest BCUT2D eigenvalue weighted by Gasteiger charge is -2.35. The van der Waals surface area contributed by atoms with Crippen LogP contribution in [-0.2, 0) is 16.6 Å². The van der Waals surface area contributed by atoms with Crippen molar-refractivity contribution in [2.75, 3.05) is 45.9 Å². The second-order valence-corrected chi connectivity index (χ2v) is 13.5. The van der Waals surface area contributed by atoms with Crippen LogP contribution in [0.15, 0.2) is 68.4 Å². The predicted octanol–water partition coefficient (Wildman–Crippen LogP) is 5.48. The van der Waals surface area contributed by atoms with E-state index in [0.717, 1.165) is 30.8 Å². The first-order valence-corrected chi connectivity index (χ1v) is 16.4. The summed E-state index contributed by atoms with van der Waals surface area (Å²) in [7, 11) is -3.69. The maximum Gasteiger partial charge on any atom is 0.243 e. The predicted molar refractivity (Wildman–Crippen MR) is 165 cm³/mol. The zero-order chi connectivity index (χ0) is 28.4. The minimum atomic E-state index is -3.69. The zero-order valence-electron chi connectivity index (χ0n) is 22.5. The van der Waals surface area contributed by atoms with Gasteiger partial charge in [-0.1, -0.05) is 31.9 Å². The molecule has 0 saturated carbocycles. The molecule has 8 nitrogen and oxygen atoms in total. The van der Waals surface area contributed by atoms with E-state index in [0.29, 0.717) is 64.0 Å². The van der Waals surface area contributed by atoms with Crippen molar-refractivity contribution in [1.82, 2.24) is 13.8 Å². The molecule has 1 atom stereocenters. The maximum absolute atomic E-state index is 13.4. The van der Waals surface area contributed by atoms with E-state index in [4.69, 9.17) is 9.47 Å². The molecule has 1 N–H and O–H groups in total. The molecule has 0 radical (unpaired) electrons. The lowest BCUT2D eigenvalue weighted by atomic mass is 10.2. The number of benzene rings is 3. The Morgan fingerprint density at radius 3 is 1.95 bits per heavy atom. The van der Waals surface area contributed by atoms with Crippen molar-refractivity contribution in [3.05, 3.63) is 63.5 Å². The molecule has 214 valence electrons. The molecule has 1 fully saturated rings. The molecule has 40 heavy (non-hydrogen) atoms. The third-order valence-electron chi connectivity index (χ3n) is 7.14. The fourth-order valence-electron chi connectivity index (χ4n) is 5.31. The molecule has 1 unspecified atom stereocenters. The molecular weight excluding hydrogens is 662 g/mol. The van der Waals surface area contributed by atoms with Crippen LogP contribution in [0.5, 0.6) is 11.5 Å². The Kier molecular flexibility index (Phi) is 9.08. The van der Waals surface area contributed by atoms with Crippen LogP contribution >= 0.6 is 31.9 Å². The van der Waals surface area contributed by atoms with Gasteiger partial charge >= 0.3 is 0 Å². The Balaban J connectivity index is 1.26. The number of nitrogens with zero attached hydrogens (tertiary/aromatic N) is 3. The number of piperazine rings is 1. The monoisotopic (exact) mass is 693 g/mol. The van der Waals surface area contributed by atoms with Gasteiger partial charge in [0, 0.05) is 69.5 Å². The van der Waals surface area contributed by atoms with E-state index in [9.17, 15) is 13.5 Å². The van der Waals surface area contributed by atoms with Gasteiger partial charge in [0.15, 0.2) is 11.5 Å². The molecule has 1 aromatic heterocycles. The minimum absolute atomic E-state index is 0.192. The van der Waals surface area contributed by atoms with Crippen LogP contribution in [-0.4, -0.2) is 79.3 Å². The molecule has 4 aromatic rings. The summed E-state index contributed by atoms with van der Waals surface area (Å²) >= 11 is 7.16.